The Kier molecular flexibility index (Phi) is 7.25. The van der Waals surface area contributed by atoms with Gasteiger partial charge in [0.2, 0.25) is 5.88 Å². The van der Waals surface area contributed by atoms with Crippen LogP contribution in [0.5, 0.6) is 11.6 Å². The number of unbranched alkanes of at least 4 members (excludes halogenated alkanes) is 3. The monoisotopic (exact) mass is 479 g/mol. The molecule has 33 heavy (non-hydrogen) atoms. The van der Waals surface area contributed by atoms with E-state index in [9.17, 15) is 9.59 Å². The third kappa shape index (κ3) is 5.17. The molecule has 0 N–H and O–H groups in total. The predicted molar refractivity (Wildman–Crippen MR) is 137 cm³/mol. The van der Waals surface area contributed by atoms with Gasteiger partial charge in [-0.3, -0.25) is 18.9 Å². The van der Waals surface area contributed by atoms with Gasteiger partial charge < -0.3 is 4.74 Å². The van der Waals surface area contributed by atoms with Gasteiger partial charge in [-0.25, -0.2) is 0 Å². The first kappa shape index (κ1) is 23.2. The van der Waals surface area contributed by atoms with Gasteiger partial charge in [-0.05, 0) is 43.7 Å². The van der Waals surface area contributed by atoms with Crippen LogP contribution in [0.2, 0.25) is 0 Å². The van der Waals surface area contributed by atoms with E-state index in [0.29, 0.717) is 27.2 Å². The molecule has 1 amide bonds. The highest BCUT2D eigenvalue weighted by Crippen LogP contribution is 2.34. The molecule has 6 nitrogen and oxygen atoms in total. The van der Waals surface area contributed by atoms with Gasteiger partial charge in [0.25, 0.3) is 11.5 Å². The molecule has 4 rings (SSSR count). The molecule has 0 atom stereocenters. The minimum atomic E-state index is -0.309. The lowest BCUT2D eigenvalue weighted by Gasteiger charge is -2.14. The molecule has 3 heterocycles. The smallest absolute Gasteiger partial charge is 0.269 e. The standard InChI is InChI=1S/C25H25N3O3S2/c1-3-4-5-7-15-28-24(30)20(33-25(28)32)16-19-22(31-18-12-10-17(2)11-13-18)26-21-9-6-8-14-27(21)23(19)29/h6,8-14,16H,3-5,7,15H2,1-2H3. The maximum atomic E-state index is 13.3. The van der Waals surface area contributed by atoms with E-state index in [4.69, 9.17) is 17.0 Å². The Morgan fingerprint density at radius 3 is 2.64 bits per heavy atom. The molecular weight excluding hydrogens is 454 g/mol. The van der Waals surface area contributed by atoms with Crippen LogP contribution in [0.15, 0.2) is 58.4 Å². The second kappa shape index (κ2) is 10.3. The number of fused-ring (bicyclic) bond motifs is 1. The molecule has 8 heteroatoms. The summed E-state index contributed by atoms with van der Waals surface area (Å²) in [7, 11) is 0. The second-order valence-corrected chi connectivity index (χ2v) is 9.55. The number of carbonyl (C=O) groups is 1. The Bertz CT molecular complexity index is 1280. The lowest BCUT2D eigenvalue weighted by Crippen LogP contribution is -2.29. The van der Waals surface area contributed by atoms with E-state index in [1.165, 1.54) is 16.2 Å². The summed E-state index contributed by atoms with van der Waals surface area (Å²) in [6.45, 7) is 4.72. The van der Waals surface area contributed by atoms with Crippen LogP contribution in [0.25, 0.3) is 11.7 Å². The molecule has 0 bridgehead atoms. The molecule has 0 aliphatic carbocycles. The van der Waals surface area contributed by atoms with E-state index in [1.54, 1.807) is 35.4 Å². The van der Waals surface area contributed by atoms with Crippen LogP contribution in [0.1, 0.15) is 43.7 Å². The number of benzene rings is 1. The van der Waals surface area contributed by atoms with Crippen molar-refractivity contribution < 1.29 is 9.53 Å². The fourth-order valence-electron chi connectivity index (χ4n) is 3.52. The molecule has 0 unspecified atom stereocenters. The highest BCUT2D eigenvalue weighted by atomic mass is 32.2. The summed E-state index contributed by atoms with van der Waals surface area (Å²) in [6, 6.07) is 12.8. The number of nitrogens with zero attached hydrogens (tertiary/aromatic N) is 3. The van der Waals surface area contributed by atoms with Gasteiger partial charge in [0.15, 0.2) is 0 Å². The van der Waals surface area contributed by atoms with Gasteiger partial charge in [-0.15, -0.1) is 0 Å². The average Bonchev–Trinajstić information content (AvgIpc) is 3.08. The van der Waals surface area contributed by atoms with E-state index in [1.807, 2.05) is 31.2 Å². The van der Waals surface area contributed by atoms with Crippen molar-refractivity contribution in [3.05, 3.63) is 75.0 Å². The summed E-state index contributed by atoms with van der Waals surface area (Å²) in [5, 5.41) is 0. The van der Waals surface area contributed by atoms with Crippen LogP contribution < -0.4 is 10.3 Å². The number of amides is 1. The molecule has 170 valence electrons. The average molecular weight is 480 g/mol. The van der Waals surface area contributed by atoms with Crippen molar-refractivity contribution in [3.8, 4) is 11.6 Å². The summed E-state index contributed by atoms with van der Waals surface area (Å²) in [6.07, 6.45) is 7.41. The molecule has 0 spiro atoms. The minimum absolute atomic E-state index is 0.156. The fourth-order valence-corrected chi connectivity index (χ4v) is 4.81. The fraction of sp³-hybridized carbons (Fsp3) is 0.280. The van der Waals surface area contributed by atoms with Crippen LogP contribution in [0.4, 0.5) is 0 Å². The first-order valence-electron chi connectivity index (χ1n) is 11.0. The van der Waals surface area contributed by atoms with Crippen molar-refractivity contribution in [3.63, 3.8) is 0 Å². The number of aromatic nitrogens is 2. The summed E-state index contributed by atoms with van der Waals surface area (Å²) < 4.78 is 7.96. The van der Waals surface area contributed by atoms with Gasteiger partial charge in [0.1, 0.15) is 21.3 Å². The number of aryl methyl sites for hydroxylation is 1. The van der Waals surface area contributed by atoms with Crippen molar-refractivity contribution in [1.82, 2.24) is 14.3 Å². The number of carbonyl (C=O) groups excluding carboxylic acids is 1. The summed E-state index contributed by atoms with van der Waals surface area (Å²) in [5.74, 6) is 0.537. The SMILES string of the molecule is CCCCCCN1C(=O)C(=Cc2c(Oc3ccc(C)cc3)nc3ccccn3c2=O)SC1=S. The topological polar surface area (TPSA) is 63.9 Å². The van der Waals surface area contributed by atoms with Gasteiger partial charge in [-0.2, -0.15) is 4.98 Å². The highest BCUT2D eigenvalue weighted by Gasteiger charge is 2.32. The molecule has 1 aromatic carbocycles. The van der Waals surface area contributed by atoms with Crippen molar-refractivity contribution in [2.24, 2.45) is 0 Å². The summed E-state index contributed by atoms with van der Waals surface area (Å²) >= 11 is 6.65. The largest absolute Gasteiger partial charge is 0.438 e. The van der Waals surface area contributed by atoms with Crippen molar-refractivity contribution >= 4 is 45.9 Å². The lowest BCUT2D eigenvalue weighted by molar-refractivity contribution is -0.122. The van der Waals surface area contributed by atoms with Crippen molar-refractivity contribution in [2.75, 3.05) is 6.54 Å². The van der Waals surface area contributed by atoms with E-state index in [-0.39, 0.29) is 22.9 Å². The molecule has 0 saturated carbocycles. The van der Waals surface area contributed by atoms with E-state index < -0.39 is 0 Å². The maximum absolute atomic E-state index is 13.3. The minimum Gasteiger partial charge on any atom is -0.438 e. The molecular formula is C25H25N3O3S2. The summed E-state index contributed by atoms with van der Waals surface area (Å²) in [5.41, 5.74) is 1.46. The van der Waals surface area contributed by atoms with Gasteiger partial charge in [0, 0.05) is 12.7 Å². The van der Waals surface area contributed by atoms with Crippen molar-refractivity contribution in [1.29, 1.82) is 0 Å². The van der Waals surface area contributed by atoms with E-state index in [0.717, 1.165) is 31.2 Å². The number of hydrogen-bond donors (Lipinski definition) is 0. The van der Waals surface area contributed by atoms with E-state index in [2.05, 4.69) is 11.9 Å². The number of pyridine rings is 1. The Morgan fingerprint density at radius 1 is 1.09 bits per heavy atom. The van der Waals surface area contributed by atoms with Crippen LogP contribution in [-0.4, -0.2) is 31.1 Å². The van der Waals surface area contributed by atoms with E-state index >= 15 is 0 Å². The maximum Gasteiger partial charge on any atom is 0.269 e. The normalized spacial score (nSPS) is 15.1. The zero-order chi connectivity index (χ0) is 23.4. The van der Waals surface area contributed by atoms with Crippen LogP contribution in [-0.2, 0) is 4.79 Å². The van der Waals surface area contributed by atoms with Crippen molar-refractivity contribution in [2.45, 2.75) is 39.5 Å². The molecule has 2 aromatic heterocycles. The molecule has 3 aromatic rings. The van der Waals surface area contributed by atoms with Gasteiger partial charge in [-0.1, -0.05) is 73.9 Å². The number of ether oxygens (including phenoxy) is 1. The molecule has 1 saturated heterocycles. The number of rotatable bonds is 8. The molecule has 1 aliphatic rings. The van der Waals surface area contributed by atoms with Crippen LogP contribution in [0.3, 0.4) is 0 Å². The zero-order valence-corrected chi connectivity index (χ0v) is 20.2. The predicted octanol–water partition coefficient (Wildman–Crippen LogP) is 5.58. The number of hydrogen-bond acceptors (Lipinski definition) is 6. The second-order valence-electron chi connectivity index (χ2n) is 7.87. The Balaban J connectivity index is 1.71. The number of thiocarbonyl (C=S) groups is 1. The zero-order valence-electron chi connectivity index (χ0n) is 18.6. The Hall–Kier alpha value is -2.97. The highest BCUT2D eigenvalue weighted by molar-refractivity contribution is 8.26. The first-order valence-corrected chi connectivity index (χ1v) is 12.2. The Labute approximate surface area is 202 Å². The third-order valence-corrected chi connectivity index (χ3v) is 6.73. The lowest BCUT2D eigenvalue weighted by atomic mass is 10.2. The molecule has 1 fully saturated rings. The third-order valence-electron chi connectivity index (χ3n) is 5.35. The summed E-state index contributed by atoms with van der Waals surface area (Å²) in [4.78, 5) is 33.0. The Morgan fingerprint density at radius 2 is 1.88 bits per heavy atom. The quantitative estimate of drug-likeness (QED) is 0.239. The molecule has 1 aliphatic heterocycles. The van der Waals surface area contributed by atoms with Crippen LogP contribution in [0, 0.1) is 6.92 Å². The van der Waals surface area contributed by atoms with Gasteiger partial charge in [0.05, 0.1) is 4.91 Å². The number of thioether (sulfide) groups is 1. The van der Waals surface area contributed by atoms with Gasteiger partial charge >= 0.3 is 0 Å². The molecule has 0 radical (unpaired) electrons. The first-order chi connectivity index (χ1) is 16.0. The van der Waals surface area contributed by atoms with Crippen LogP contribution >= 0.6 is 24.0 Å².